The molecular weight excluding hydrogens is 256 g/mol. The van der Waals surface area contributed by atoms with Crippen molar-refractivity contribution in [2.75, 3.05) is 7.05 Å². The number of aliphatic carboxylic acids is 1. The van der Waals surface area contributed by atoms with Crippen molar-refractivity contribution in [3.8, 4) is 0 Å². The van der Waals surface area contributed by atoms with E-state index in [9.17, 15) is 9.59 Å². The van der Waals surface area contributed by atoms with Gasteiger partial charge in [-0.15, -0.1) is 6.58 Å². The summed E-state index contributed by atoms with van der Waals surface area (Å²) in [5.74, 6) is -1.21. The second-order valence-corrected chi connectivity index (χ2v) is 6.04. The number of rotatable bonds is 6. The zero-order valence-electron chi connectivity index (χ0n) is 13.0. The van der Waals surface area contributed by atoms with Crippen molar-refractivity contribution in [1.82, 2.24) is 4.90 Å². The number of nitrogens with two attached hydrogens (primary N) is 1. The van der Waals surface area contributed by atoms with Gasteiger partial charge in [0.2, 0.25) is 5.91 Å². The van der Waals surface area contributed by atoms with Gasteiger partial charge in [-0.05, 0) is 18.8 Å². The summed E-state index contributed by atoms with van der Waals surface area (Å²) < 4.78 is 0. The SMILES string of the molecule is C=CCC(C=C(C)C(=O)O)N(C)C(=O)[C@@H](N)C(C)(C)C. The minimum atomic E-state index is -1.000. The fourth-order valence-corrected chi connectivity index (χ4v) is 1.62. The van der Waals surface area contributed by atoms with Gasteiger partial charge in [0.05, 0.1) is 12.1 Å². The lowest BCUT2D eigenvalue weighted by Gasteiger charge is -2.33. The number of hydrogen-bond acceptors (Lipinski definition) is 3. The number of carboxylic acid groups (broad SMARTS) is 1. The zero-order valence-corrected chi connectivity index (χ0v) is 13.0. The van der Waals surface area contributed by atoms with Crippen LogP contribution in [-0.2, 0) is 9.59 Å². The molecule has 0 aromatic carbocycles. The summed E-state index contributed by atoms with van der Waals surface area (Å²) in [5, 5.41) is 8.94. The quantitative estimate of drug-likeness (QED) is 0.574. The van der Waals surface area contributed by atoms with Crippen molar-refractivity contribution in [2.45, 2.75) is 46.2 Å². The third kappa shape index (κ3) is 5.17. The topological polar surface area (TPSA) is 83.6 Å². The van der Waals surface area contributed by atoms with E-state index in [4.69, 9.17) is 10.8 Å². The Labute approximate surface area is 121 Å². The summed E-state index contributed by atoms with van der Waals surface area (Å²) in [4.78, 5) is 24.7. The van der Waals surface area contributed by atoms with Gasteiger partial charge in [0.1, 0.15) is 0 Å². The highest BCUT2D eigenvalue weighted by Crippen LogP contribution is 2.20. The van der Waals surface area contributed by atoms with Crippen LogP contribution in [-0.4, -0.2) is 41.0 Å². The molecule has 1 amide bonds. The van der Waals surface area contributed by atoms with Crippen LogP contribution in [0.3, 0.4) is 0 Å². The second kappa shape index (κ2) is 7.24. The van der Waals surface area contributed by atoms with Crippen LogP contribution in [0.15, 0.2) is 24.3 Å². The van der Waals surface area contributed by atoms with Crippen molar-refractivity contribution in [1.29, 1.82) is 0 Å². The van der Waals surface area contributed by atoms with Gasteiger partial charge in [0.25, 0.3) is 0 Å². The van der Waals surface area contributed by atoms with Crippen molar-refractivity contribution in [3.63, 3.8) is 0 Å². The lowest BCUT2D eigenvalue weighted by atomic mass is 9.86. The van der Waals surface area contributed by atoms with Crippen molar-refractivity contribution >= 4 is 11.9 Å². The van der Waals surface area contributed by atoms with Crippen LogP contribution in [0.25, 0.3) is 0 Å². The first kappa shape index (κ1) is 18.4. The van der Waals surface area contributed by atoms with Gasteiger partial charge < -0.3 is 15.7 Å². The van der Waals surface area contributed by atoms with E-state index in [0.717, 1.165) is 0 Å². The molecule has 0 saturated heterocycles. The first-order chi connectivity index (χ1) is 9.02. The van der Waals surface area contributed by atoms with Gasteiger partial charge in [-0.2, -0.15) is 0 Å². The Hall–Kier alpha value is -1.62. The number of carboxylic acids is 1. The fraction of sp³-hybridized carbons (Fsp3) is 0.600. The molecule has 0 spiro atoms. The van der Waals surface area contributed by atoms with Gasteiger partial charge in [0, 0.05) is 12.6 Å². The average molecular weight is 282 g/mol. The van der Waals surface area contributed by atoms with E-state index in [1.165, 1.54) is 11.8 Å². The zero-order chi connectivity index (χ0) is 16.1. The number of amides is 1. The molecule has 0 aliphatic carbocycles. The Balaban J connectivity index is 5.21. The number of hydrogen-bond donors (Lipinski definition) is 2. The molecule has 0 aliphatic heterocycles. The molecule has 0 aliphatic rings. The van der Waals surface area contributed by atoms with Gasteiger partial charge in [-0.3, -0.25) is 4.79 Å². The molecule has 0 bridgehead atoms. The lowest BCUT2D eigenvalue weighted by Crippen LogP contribution is -2.51. The van der Waals surface area contributed by atoms with E-state index >= 15 is 0 Å². The van der Waals surface area contributed by atoms with Crippen LogP contribution in [0, 0.1) is 5.41 Å². The van der Waals surface area contributed by atoms with Crippen LogP contribution in [0.2, 0.25) is 0 Å². The summed E-state index contributed by atoms with van der Waals surface area (Å²) in [6, 6.07) is -0.997. The van der Waals surface area contributed by atoms with Gasteiger partial charge in [-0.25, -0.2) is 4.79 Å². The summed E-state index contributed by atoms with van der Waals surface area (Å²) in [5.41, 5.74) is 5.81. The summed E-state index contributed by atoms with van der Waals surface area (Å²) in [6.45, 7) is 10.8. The minimum absolute atomic E-state index is 0.195. The van der Waals surface area contributed by atoms with E-state index in [1.807, 2.05) is 20.8 Å². The third-order valence-electron chi connectivity index (χ3n) is 3.23. The van der Waals surface area contributed by atoms with E-state index in [-0.39, 0.29) is 22.9 Å². The summed E-state index contributed by atoms with van der Waals surface area (Å²) in [7, 11) is 1.63. The van der Waals surface area contributed by atoms with Crippen molar-refractivity contribution in [3.05, 3.63) is 24.3 Å². The lowest BCUT2D eigenvalue weighted by molar-refractivity contribution is -0.135. The predicted octanol–water partition coefficient (Wildman–Crippen LogP) is 1.79. The van der Waals surface area contributed by atoms with Crippen molar-refractivity contribution in [2.24, 2.45) is 11.1 Å². The number of carbonyl (C=O) groups is 2. The summed E-state index contributed by atoms with van der Waals surface area (Å²) in [6.07, 6.45) is 3.68. The maximum absolute atomic E-state index is 12.3. The second-order valence-electron chi connectivity index (χ2n) is 6.04. The maximum atomic E-state index is 12.3. The predicted molar refractivity (Wildman–Crippen MR) is 80.2 cm³/mol. The molecule has 0 aromatic heterocycles. The maximum Gasteiger partial charge on any atom is 0.331 e. The van der Waals surface area contributed by atoms with E-state index in [2.05, 4.69) is 6.58 Å². The average Bonchev–Trinajstić information content (AvgIpc) is 2.34. The molecule has 3 N–H and O–H groups in total. The van der Waals surface area contributed by atoms with Gasteiger partial charge in [-0.1, -0.05) is 32.9 Å². The van der Waals surface area contributed by atoms with E-state index < -0.39 is 12.0 Å². The normalized spacial score (nSPS) is 15.4. The highest BCUT2D eigenvalue weighted by Gasteiger charge is 2.31. The molecule has 0 radical (unpaired) electrons. The summed E-state index contributed by atoms with van der Waals surface area (Å²) >= 11 is 0. The Morgan fingerprint density at radius 3 is 2.25 bits per heavy atom. The highest BCUT2D eigenvalue weighted by molar-refractivity contribution is 5.86. The Kier molecular flexibility index (Phi) is 6.65. The van der Waals surface area contributed by atoms with Crippen molar-refractivity contribution < 1.29 is 14.7 Å². The highest BCUT2D eigenvalue weighted by atomic mass is 16.4. The largest absolute Gasteiger partial charge is 0.478 e. The Morgan fingerprint density at radius 1 is 1.40 bits per heavy atom. The molecule has 5 heteroatoms. The molecule has 114 valence electrons. The molecule has 0 saturated carbocycles. The smallest absolute Gasteiger partial charge is 0.331 e. The van der Waals surface area contributed by atoms with Gasteiger partial charge in [0.15, 0.2) is 0 Å². The third-order valence-corrected chi connectivity index (χ3v) is 3.23. The molecule has 5 nitrogen and oxygen atoms in total. The van der Waals surface area contributed by atoms with E-state index in [1.54, 1.807) is 19.2 Å². The molecule has 0 fully saturated rings. The first-order valence-corrected chi connectivity index (χ1v) is 6.57. The first-order valence-electron chi connectivity index (χ1n) is 6.57. The van der Waals surface area contributed by atoms with Crippen LogP contribution in [0.1, 0.15) is 34.1 Å². The fourth-order valence-electron chi connectivity index (χ4n) is 1.62. The number of carbonyl (C=O) groups excluding carboxylic acids is 1. The van der Waals surface area contributed by atoms with E-state index in [0.29, 0.717) is 6.42 Å². The van der Waals surface area contributed by atoms with Crippen LogP contribution < -0.4 is 5.73 Å². The Morgan fingerprint density at radius 2 is 1.90 bits per heavy atom. The van der Waals surface area contributed by atoms with Crippen LogP contribution in [0.5, 0.6) is 0 Å². The molecule has 0 heterocycles. The molecular formula is C15H26N2O3. The monoisotopic (exact) mass is 282 g/mol. The molecule has 2 atom stereocenters. The number of likely N-dealkylation sites (N-methyl/N-ethyl adjacent to an activating group) is 1. The minimum Gasteiger partial charge on any atom is -0.478 e. The number of nitrogens with zero attached hydrogens (tertiary/aromatic N) is 1. The molecule has 1 unspecified atom stereocenters. The standard InChI is InChI=1S/C15H26N2O3/c1-7-8-11(9-10(2)14(19)20)17(6)13(18)12(16)15(3,4)5/h7,9,11-12H,1,8,16H2,2-6H3,(H,19,20)/t11?,12-/m1/s1. The van der Waals surface area contributed by atoms with Gasteiger partial charge >= 0.3 is 5.97 Å². The molecule has 0 rings (SSSR count). The Bertz CT molecular complexity index is 408. The van der Waals surface area contributed by atoms with Crippen LogP contribution in [0.4, 0.5) is 0 Å². The van der Waals surface area contributed by atoms with Crippen LogP contribution >= 0.6 is 0 Å². The molecule has 0 aromatic rings. The molecule has 20 heavy (non-hydrogen) atoms.